The first kappa shape index (κ1) is 14.7. The smallest absolute Gasteiger partial charge is 0.00671 e. The Balaban J connectivity index is 1.81. The molecule has 4 aromatic rings. The third-order valence-corrected chi connectivity index (χ3v) is 4.79. The topological polar surface area (TPSA) is 0 Å². The molecule has 0 nitrogen and oxygen atoms in total. The summed E-state index contributed by atoms with van der Waals surface area (Å²) >= 11 is 0. The van der Waals surface area contributed by atoms with Gasteiger partial charge in [-0.15, -0.1) is 0 Å². The van der Waals surface area contributed by atoms with Crippen LogP contribution in [0.3, 0.4) is 0 Å². The van der Waals surface area contributed by atoms with Crippen molar-refractivity contribution in [2.45, 2.75) is 12.8 Å². The zero-order valence-electron chi connectivity index (χ0n) is 13.8. The highest BCUT2D eigenvalue weighted by Gasteiger charge is 2.11. The van der Waals surface area contributed by atoms with Crippen LogP contribution in [0.25, 0.3) is 21.9 Å². The van der Waals surface area contributed by atoms with Crippen LogP contribution in [-0.2, 0) is 0 Å². The van der Waals surface area contributed by atoms with E-state index in [0.29, 0.717) is 5.92 Å². The van der Waals surface area contributed by atoms with Gasteiger partial charge in [0.15, 0.2) is 0 Å². The lowest BCUT2D eigenvalue weighted by Crippen LogP contribution is -1.97. The molecule has 0 bridgehead atoms. The van der Waals surface area contributed by atoms with Crippen LogP contribution in [0.1, 0.15) is 24.0 Å². The van der Waals surface area contributed by atoms with E-state index in [1.807, 2.05) is 0 Å². The lowest BCUT2D eigenvalue weighted by molar-refractivity contribution is 0.933. The molecule has 1 atom stereocenters. The van der Waals surface area contributed by atoms with Crippen LogP contribution in [0.4, 0.5) is 0 Å². The van der Waals surface area contributed by atoms with Crippen molar-refractivity contribution in [1.82, 2.24) is 0 Å². The number of rotatable bonds is 3. The number of fused-ring (bicyclic) bond motifs is 1. The number of hydrogen-bond donors (Lipinski definition) is 0. The fourth-order valence-corrected chi connectivity index (χ4v) is 3.42. The summed E-state index contributed by atoms with van der Waals surface area (Å²) in [4.78, 5) is 0. The lowest BCUT2D eigenvalue weighted by atomic mass is 9.88. The van der Waals surface area contributed by atoms with Gasteiger partial charge in [-0.3, -0.25) is 0 Å². The molecule has 0 heteroatoms. The number of hydrogen-bond acceptors (Lipinski definition) is 0. The van der Waals surface area contributed by atoms with E-state index in [-0.39, 0.29) is 0 Å². The molecular formula is C24H20. The van der Waals surface area contributed by atoms with Gasteiger partial charge in [0.2, 0.25) is 0 Å². The first-order chi connectivity index (χ1) is 11.8. The summed E-state index contributed by atoms with van der Waals surface area (Å²) in [5.41, 5.74) is 5.28. The van der Waals surface area contributed by atoms with E-state index in [1.165, 1.54) is 33.0 Å². The zero-order valence-corrected chi connectivity index (χ0v) is 13.8. The molecule has 4 rings (SSSR count). The largest absolute Gasteiger partial charge is 0.0622 e. The first-order valence-corrected chi connectivity index (χ1v) is 8.46. The van der Waals surface area contributed by atoms with E-state index in [0.717, 1.165) is 0 Å². The second-order valence-electron chi connectivity index (χ2n) is 6.28. The molecule has 24 heavy (non-hydrogen) atoms. The van der Waals surface area contributed by atoms with Gasteiger partial charge in [0.25, 0.3) is 0 Å². The summed E-state index contributed by atoms with van der Waals surface area (Å²) in [7, 11) is 0. The van der Waals surface area contributed by atoms with Crippen LogP contribution in [-0.4, -0.2) is 0 Å². The third-order valence-electron chi connectivity index (χ3n) is 4.79. The van der Waals surface area contributed by atoms with Crippen LogP contribution < -0.4 is 0 Å². The van der Waals surface area contributed by atoms with E-state index in [1.54, 1.807) is 0 Å². The Morgan fingerprint density at radius 3 is 2.04 bits per heavy atom. The Bertz CT molecular complexity index is 953. The van der Waals surface area contributed by atoms with Gasteiger partial charge < -0.3 is 0 Å². The van der Waals surface area contributed by atoms with Crippen molar-refractivity contribution < 1.29 is 0 Å². The molecule has 0 fully saturated rings. The van der Waals surface area contributed by atoms with Gasteiger partial charge in [0, 0.05) is 5.92 Å². The third kappa shape index (κ3) is 2.72. The van der Waals surface area contributed by atoms with Gasteiger partial charge in [-0.2, -0.15) is 0 Å². The highest BCUT2D eigenvalue weighted by molar-refractivity contribution is 5.90. The lowest BCUT2D eigenvalue weighted by Gasteiger charge is -2.16. The minimum Gasteiger partial charge on any atom is -0.0622 e. The highest BCUT2D eigenvalue weighted by Crippen LogP contribution is 2.32. The van der Waals surface area contributed by atoms with Crippen molar-refractivity contribution in [2.24, 2.45) is 0 Å². The number of benzene rings is 4. The molecule has 0 aliphatic heterocycles. The van der Waals surface area contributed by atoms with Gasteiger partial charge in [0.1, 0.15) is 0 Å². The molecule has 0 radical (unpaired) electrons. The Morgan fingerprint density at radius 2 is 1.29 bits per heavy atom. The maximum atomic E-state index is 2.30. The molecule has 0 heterocycles. The summed E-state index contributed by atoms with van der Waals surface area (Å²) in [5, 5.41) is 2.64. The van der Waals surface area contributed by atoms with Crippen LogP contribution >= 0.6 is 0 Å². The molecule has 1 unspecified atom stereocenters. The van der Waals surface area contributed by atoms with Gasteiger partial charge in [-0.05, 0) is 39.1 Å². The van der Waals surface area contributed by atoms with Crippen molar-refractivity contribution in [1.29, 1.82) is 0 Å². The second kappa shape index (κ2) is 6.33. The zero-order chi connectivity index (χ0) is 16.4. The van der Waals surface area contributed by atoms with Crippen molar-refractivity contribution in [2.75, 3.05) is 0 Å². The second-order valence-corrected chi connectivity index (χ2v) is 6.28. The van der Waals surface area contributed by atoms with Crippen LogP contribution in [0.15, 0.2) is 97.1 Å². The summed E-state index contributed by atoms with van der Waals surface area (Å²) in [6, 6.07) is 34.7. The SMILES string of the molecule is CC(c1ccccc1)c1cccc2cc(-c3ccccc3)ccc12. The molecule has 4 aromatic carbocycles. The van der Waals surface area contributed by atoms with E-state index in [9.17, 15) is 0 Å². The minimum atomic E-state index is 0.387. The summed E-state index contributed by atoms with van der Waals surface area (Å²) in [6.45, 7) is 2.29. The van der Waals surface area contributed by atoms with Crippen molar-refractivity contribution in [3.05, 3.63) is 108 Å². The summed E-state index contributed by atoms with van der Waals surface area (Å²) in [6.07, 6.45) is 0. The summed E-state index contributed by atoms with van der Waals surface area (Å²) in [5.74, 6) is 0.387. The fourth-order valence-electron chi connectivity index (χ4n) is 3.42. The van der Waals surface area contributed by atoms with Crippen LogP contribution in [0, 0.1) is 0 Å². The van der Waals surface area contributed by atoms with Gasteiger partial charge in [0.05, 0.1) is 0 Å². The predicted octanol–water partition coefficient (Wildman–Crippen LogP) is 6.66. The standard InChI is InChI=1S/C24H20/c1-18(19-9-4-2-5-10-19)23-14-8-13-22-17-21(15-16-24(22)23)20-11-6-3-7-12-20/h2-18H,1H3. The fraction of sp³-hybridized carbons (Fsp3) is 0.0833. The quantitative estimate of drug-likeness (QED) is 0.397. The van der Waals surface area contributed by atoms with Gasteiger partial charge >= 0.3 is 0 Å². The Hall–Kier alpha value is -2.86. The molecule has 116 valence electrons. The van der Waals surface area contributed by atoms with Crippen molar-refractivity contribution in [3.63, 3.8) is 0 Å². The average Bonchev–Trinajstić information content (AvgIpc) is 2.68. The van der Waals surface area contributed by atoms with Gasteiger partial charge in [-0.25, -0.2) is 0 Å². The maximum absolute atomic E-state index is 2.30. The Labute approximate surface area is 143 Å². The van der Waals surface area contributed by atoms with E-state index in [2.05, 4.69) is 104 Å². The summed E-state index contributed by atoms with van der Waals surface area (Å²) < 4.78 is 0. The molecule has 0 saturated heterocycles. The van der Waals surface area contributed by atoms with Crippen LogP contribution in [0.5, 0.6) is 0 Å². The Morgan fingerprint density at radius 1 is 0.583 bits per heavy atom. The maximum Gasteiger partial charge on any atom is 0.00671 e. The molecule has 0 saturated carbocycles. The van der Waals surface area contributed by atoms with E-state index >= 15 is 0 Å². The van der Waals surface area contributed by atoms with Crippen molar-refractivity contribution >= 4 is 10.8 Å². The minimum absolute atomic E-state index is 0.387. The van der Waals surface area contributed by atoms with Gasteiger partial charge in [-0.1, -0.05) is 97.9 Å². The molecule has 0 aliphatic rings. The highest BCUT2D eigenvalue weighted by atomic mass is 14.2. The molecule has 0 N–H and O–H groups in total. The van der Waals surface area contributed by atoms with Crippen molar-refractivity contribution in [3.8, 4) is 11.1 Å². The predicted molar refractivity (Wildman–Crippen MR) is 103 cm³/mol. The molecule has 0 aromatic heterocycles. The average molecular weight is 308 g/mol. The molecule has 0 spiro atoms. The molecule has 0 aliphatic carbocycles. The molecule has 0 amide bonds. The normalized spacial score (nSPS) is 12.2. The monoisotopic (exact) mass is 308 g/mol. The first-order valence-electron chi connectivity index (χ1n) is 8.46. The Kier molecular flexibility index (Phi) is 3.88. The van der Waals surface area contributed by atoms with E-state index in [4.69, 9.17) is 0 Å². The van der Waals surface area contributed by atoms with Crippen LogP contribution in [0.2, 0.25) is 0 Å². The van der Waals surface area contributed by atoms with E-state index < -0.39 is 0 Å². The molecular weight excluding hydrogens is 288 g/mol.